The van der Waals surface area contributed by atoms with Crippen molar-refractivity contribution < 1.29 is 117 Å². The van der Waals surface area contributed by atoms with Crippen molar-refractivity contribution in [3.63, 3.8) is 0 Å². The molecule has 0 radical (unpaired) electrons. The summed E-state index contributed by atoms with van der Waals surface area (Å²) in [4.78, 5) is 163. The summed E-state index contributed by atoms with van der Waals surface area (Å²) >= 11 is 1.73. The number of fused-ring (bicyclic) bond motifs is 1. The summed E-state index contributed by atoms with van der Waals surface area (Å²) in [6, 6.07) is 13.2. The molecule has 1 aliphatic rings. The van der Waals surface area contributed by atoms with E-state index in [-0.39, 0.29) is 81.2 Å². The molecule has 8 amide bonds. The van der Waals surface area contributed by atoms with Crippen molar-refractivity contribution in [2.75, 3.05) is 82.4 Å². The van der Waals surface area contributed by atoms with Crippen molar-refractivity contribution in [1.82, 2.24) is 73.8 Å². The Morgan fingerprint density at radius 3 is 1.79 bits per heavy atom. The standard InChI is InChI=1S/C55H69N13O12S2.2C6H12N2O4.Tc/c1-30(70)43(27-69)64-54(79)45-29-82-81-28-44(65-51(76)40(22-32-10-4-3-5-11-32)61-48(73)34-17-20-46(68-57)59-25-34)53(78)62-41(23-33-15-18-36(72)19-16-33)50(75)63-42(24-35-26-58-38-13-7-6-12-37(35)38)52(77)60-39(14-8-9-21-56)49(74)67-47(31(2)71)55(80)66-45;2*9-5(10)3-7-1-2-8-4-6(11)12;/h3-7,10-13,15-20,25-26,30-31,39-45,47,58,69-72H,8-9,14,21-24,27-29,56H2,1-2H3,(H,59,68)(H,60,77)(H,61,73)(H,62,78)(H,63,75)(H,64,79)(H,65,76)(H,66,80)(H,67,74);2*7-8H,1-4H2,(H,9,10)(H,11,12);/q;;;+3/p-3/t30-,31-,39+,40-,41+,42-,43-,44+,45+,47+;;;/m1.../s1/i;;;1+1. The average molecular weight is 1620 g/mol. The summed E-state index contributed by atoms with van der Waals surface area (Å²) in [5.74, 6) is -11.7. The van der Waals surface area contributed by atoms with Gasteiger partial charge in [0.25, 0.3) is 0 Å². The summed E-state index contributed by atoms with van der Waals surface area (Å²) in [5, 5.41) is 112. The van der Waals surface area contributed by atoms with Crippen molar-refractivity contribution >= 4 is 109 Å². The normalized spacial score (nSPS) is 18.5. The number of benzene rings is 3. The van der Waals surface area contributed by atoms with E-state index in [1.54, 1.807) is 61.3 Å². The smallest absolute Gasteiger partial charge is 0.317 e. The van der Waals surface area contributed by atoms with E-state index >= 15 is 9.59 Å². The molecule has 0 bridgehead atoms. The van der Waals surface area contributed by atoms with E-state index in [1.165, 1.54) is 56.4 Å². The number of amides is 8. The third-order valence-electron chi connectivity index (χ3n) is 15.4. The Morgan fingerprint density at radius 2 is 1.23 bits per heavy atom. The van der Waals surface area contributed by atoms with E-state index in [0.29, 0.717) is 66.9 Å². The number of aromatic hydroxyl groups is 1. The number of aromatic nitrogens is 2. The quantitative estimate of drug-likeness (QED) is 0.0102. The van der Waals surface area contributed by atoms with Crippen LogP contribution in [0.1, 0.15) is 60.2 Å². The van der Waals surface area contributed by atoms with Gasteiger partial charge in [-0.15, -0.1) is 0 Å². The molecule has 5 aromatic rings. The van der Waals surface area contributed by atoms with E-state index in [1.807, 2.05) is 18.2 Å². The number of H-pyrrole nitrogens is 1. The van der Waals surface area contributed by atoms with Gasteiger partial charge in [0, 0.05) is 87.3 Å². The van der Waals surface area contributed by atoms with Gasteiger partial charge in [0.2, 0.25) is 35.4 Å². The van der Waals surface area contributed by atoms with E-state index in [2.05, 4.69) is 82.9 Å². The van der Waals surface area contributed by atoms with Gasteiger partial charge in [0.1, 0.15) is 36.0 Å². The van der Waals surface area contributed by atoms with Crippen molar-refractivity contribution in [2.24, 2.45) is 9.45 Å². The number of carboxylic acid groups (broad SMARTS) is 4. The molecule has 2 aromatic heterocycles. The van der Waals surface area contributed by atoms with Crippen molar-refractivity contribution in [1.29, 1.82) is 0 Å². The molecule has 40 heteroatoms. The second kappa shape index (κ2) is 49.3. The maximum absolute atomic E-state index is 15.0. The first-order valence-corrected chi connectivity index (χ1v) is 36.8. The van der Waals surface area contributed by atoms with Crippen LogP contribution in [0, 0.1) is 0 Å². The summed E-state index contributed by atoms with van der Waals surface area (Å²) in [5.41, 5.74) is 11.0. The summed E-state index contributed by atoms with van der Waals surface area (Å²) in [6.45, 7) is 2.88. The largest absolute Gasteiger partial charge is 0.549 e. The molecule has 37 nitrogen and oxygen atoms in total. The summed E-state index contributed by atoms with van der Waals surface area (Å²) in [7, 11) is 1.91. The molecule has 0 unspecified atom stereocenters. The Hall–Kier alpha value is -9.58. The van der Waals surface area contributed by atoms with E-state index in [4.69, 9.17) is 10.8 Å². The number of nitrogens with two attached hydrogens (primary N) is 1. The fourth-order valence-electron chi connectivity index (χ4n) is 9.84. The molecule has 6 rings (SSSR count). The first-order chi connectivity index (χ1) is 51.1. The number of carboxylic acids is 4. The number of anilines is 1. The minimum atomic E-state index is -1.72. The van der Waals surface area contributed by atoms with Gasteiger partial charge in [-0.3, -0.25) is 33.6 Å². The van der Waals surface area contributed by atoms with Crippen LogP contribution in [-0.4, -0.2) is 244 Å². The zero-order valence-corrected chi connectivity index (χ0v) is 61.8. The molecule has 10 atom stereocenters. The number of para-hydroxylation sites is 1. The summed E-state index contributed by atoms with van der Waals surface area (Å²) in [6.07, 6.45) is 0.411. The van der Waals surface area contributed by atoms with Gasteiger partial charge in [-0.05, 0) is 69.0 Å². The fourth-order valence-corrected chi connectivity index (χ4v) is 12.4. The van der Waals surface area contributed by atoms with Gasteiger partial charge in [-0.2, -0.15) is 0 Å². The van der Waals surface area contributed by atoms with Crippen molar-refractivity contribution in [2.45, 2.75) is 113 Å². The Kier molecular flexibility index (Phi) is 41.4. The van der Waals surface area contributed by atoms with Gasteiger partial charge in [0.05, 0.1) is 49.3 Å². The van der Waals surface area contributed by atoms with Crippen LogP contribution in [0.3, 0.4) is 0 Å². The first-order valence-electron chi connectivity index (χ1n) is 33.5. The molecule has 107 heavy (non-hydrogen) atoms. The number of phenols is 1. The number of carbonyl (C=O) groups is 12. The number of aliphatic carboxylic acids is 4. The minimum Gasteiger partial charge on any atom is -0.549 e. The third kappa shape index (κ3) is 34.7. The molecule has 21 N–H and O–H groups in total. The fraction of sp³-hybridized carbons (Fsp3) is 0.448. The minimum absolute atomic E-state index is 0.0162. The number of nitrogens with one attached hydrogen (secondary N) is 14. The number of aromatic amines is 1. The van der Waals surface area contributed by atoms with Crippen LogP contribution < -0.4 is 90.3 Å². The maximum atomic E-state index is 15.0. The molecular formula is C67H90N17O20S2Tc. The zero-order chi connectivity index (χ0) is 78.8. The predicted octanol–water partition coefficient (Wildman–Crippen LogP) is -7.51. The number of aliphatic hydroxyl groups excluding tert-OH is 3. The van der Waals surface area contributed by atoms with Crippen molar-refractivity contribution in [3.05, 3.63) is 126 Å². The Balaban J connectivity index is 0.000000858. The number of rotatable bonds is 35. The van der Waals surface area contributed by atoms with Crippen LogP contribution >= 0.6 is 21.6 Å². The van der Waals surface area contributed by atoms with Crippen LogP contribution in [-0.2, 0) is 90.7 Å². The molecular weight excluding hydrogens is 1530 g/mol. The number of carbonyl (C=O) groups excluding carboxylic acids is 11. The van der Waals surface area contributed by atoms with E-state index in [9.17, 15) is 83.7 Å². The van der Waals surface area contributed by atoms with Gasteiger partial charge < -0.3 is 119 Å². The molecule has 582 valence electrons. The average Bonchev–Trinajstić information content (AvgIpc) is 1.78. The molecule has 3 aromatic carbocycles. The number of pyridine rings is 1. The zero-order valence-electron chi connectivity index (χ0n) is 58.3. The Labute approximate surface area is 633 Å². The second-order valence-corrected chi connectivity index (χ2v) is 26.9. The monoisotopic (exact) mass is 1620 g/mol. The molecule has 3 heterocycles. The first kappa shape index (κ1) is 89.8. The van der Waals surface area contributed by atoms with Gasteiger partial charge in [-0.25, -0.2) is 0 Å². The molecule has 0 saturated carbocycles. The number of nitrogens with zero attached hydrogens (tertiary/aromatic N) is 2. The van der Waals surface area contributed by atoms with Gasteiger partial charge in [-0.1, -0.05) is 70.1 Å². The molecule has 0 spiro atoms. The van der Waals surface area contributed by atoms with Crippen molar-refractivity contribution in [3.8, 4) is 5.75 Å². The number of unbranched alkanes of at least 4 members (excludes halogenated alkanes) is 1. The van der Waals surface area contributed by atoms with Gasteiger partial charge in [0.15, 0.2) is 0 Å². The van der Waals surface area contributed by atoms with E-state index in [0.717, 1.165) is 27.1 Å². The maximum Gasteiger partial charge on any atom is 0.317 e. The second-order valence-electron chi connectivity index (χ2n) is 23.9. The molecule has 1 aliphatic heterocycles. The number of hydrogen-bond acceptors (Lipinski definition) is 29. The number of aliphatic hydroxyl groups is 3. The molecule has 1 saturated heterocycles. The number of hydrogen-bond donors (Lipinski definition) is 20. The van der Waals surface area contributed by atoms with Crippen LogP contribution in [0.4, 0.5) is 5.82 Å². The van der Waals surface area contributed by atoms with Crippen LogP contribution in [0.2, 0.25) is 0 Å². The Morgan fingerprint density at radius 1 is 0.664 bits per heavy atom. The molecule has 1 fully saturated rings. The predicted molar refractivity (Wildman–Crippen MR) is 381 cm³/mol. The van der Waals surface area contributed by atoms with E-state index < -0.39 is 138 Å². The topological polar surface area (TPSA) is 599 Å². The summed E-state index contributed by atoms with van der Waals surface area (Å²) < 4.78 is 3.79. The number of phenolic OH excluding ortho intramolecular Hbond substituents is 1. The Bertz CT molecular complexity index is 3630. The van der Waals surface area contributed by atoms with Crippen LogP contribution in [0.25, 0.3) is 10.9 Å². The van der Waals surface area contributed by atoms with Crippen LogP contribution in [0.15, 0.2) is 107 Å². The van der Waals surface area contributed by atoms with Crippen LogP contribution in [0.5, 0.6) is 5.75 Å². The SMILES string of the molecule is C[C@@H](O)[C@@H]1NC(=O)[C@H](CCCCN)NC(=O)[C@@H](Cc2c[nH]c3ccccc23)NC(=O)[C@H](Cc2ccc(O)cc2)NC(=O)[C@@H](NC(=O)[C@@H](Cc2ccccc2)NC(=O)c2ccc(N[N]=[99Tc+3])nc2)CSSC[C@@H](C(=O)N[C@H](CO)[C@@H](C)O)NC1=O.O=C([O-])CNCCNCC(=O)O.O=C([O-])CNCCNCC(=O)[O-]. The molecule has 0 aliphatic carbocycles. The third-order valence-corrected chi connectivity index (χ3v) is 18.1. The van der Waals surface area contributed by atoms with Gasteiger partial charge >= 0.3 is 137 Å².